The molecule has 7 nitrogen and oxygen atoms in total. The summed E-state index contributed by atoms with van der Waals surface area (Å²) in [6.45, 7) is 1.03. The molecule has 0 spiro atoms. The molecule has 4 heterocycles. The second-order valence-corrected chi connectivity index (χ2v) is 7.97. The summed E-state index contributed by atoms with van der Waals surface area (Å²) < 4.78 is 38.8. The van der Waals surface area contributed by atoms with Crippen LogP contribution in [0.25, 0.3) is 22.3 Å². The lowest BCUT2D eigenvalue weighted by Gasteiger charge is -2.31. The van der Waals surface area contributed by atoms with Gasteiger partial charge >= 0.3 is 6.18 Å². The Morgan fingerprint density at radius 3 is 2.65 bits per heavy atom. The summed E-state index contributed by atoms with van der Waals surface area (Å²) in [6.07, 6.45) is -0.115. The van der Waals surface area contributed by atoms with E-state index in [1.807, 2.05) is 18.2 Å². The van der Waals surface area contributed by atoms with E-state index >= 15 is 0 Å². The number of hydrogen-bond acceptors (Lipinski definition) is 6. The van der Waals surface area contributed by atoms with Crippen molar-refractivity contribution in [3.05, 3.63) is 36.3 Å². The number of alkyl halides is 3. The monoisotopic (exact) mass is 432 g/mol. The second kappa shape index (κ2) is 8.70. The Labute approximate surface area is 177 Å². The molecule has 3 aromatic heterocycles. The number of fused-ring (bicyclic) bond motifs is 1. The van der Waals surface area contributed by atoms with Gasteiger partial charge in [-0.25, -0.2) is 4.98 Å². The summed E-state index contributed by atoms with van der Waals surface area (Å²) in [5.74, 6) is -0.0640. The van der Waals surface area contributed by atoms with Gasteiger partial charge in [-0.3, -0.25) is 14.5 Å². The first-order valence-corrected chi connectivity index (χ1v) is 10.2. The van der Waals surface area contributed by atoms with E-state index in [0.29, 0.717) is 43.0 Å². The molecule has 31 heavy (non-hydrogen) atoms. The van der Waals surface area contributed by atoms with Gasteiger partial charge in [-0.1, -0.05) is 5.21 Å². The molecule has 3 aromatic rings. The zero-order valence-electron chi connectivity index (χ0n) is 17.1. The number of likely N-dealkylation sites (tertiary alicyclic amines) is 1. The van der Waals surface area contributed by atoms with Gasteiger partial charge in [0.2, 0.25) is 0 Å². The minimum atomic E-state index is -4.14. The molecule has 0 aromatic carbocycles. The van der Waals surface area contributed by atoms with Gasteiger partial charge in [0, 0.05) is 43.2 Å². The Hall–Kier alpha value is -2.88. The molecule has 1 saturated heterocycles. The quantitative estimate of drug-likeness (QED) is 0.595. The van der Waals surface area contributed by atoms with Crippen LogP contribution in [0.5, 0.6) is 0 Å². The van der Waals surface area contributed by atoms with Gasteiger partial charge in [0.1, 0.15) is 11.5 Å². The van der Waals surface area contributed by atoms with Crippen molar-refractivity contribution in [2.75, 3.05) is 19.6 Å². The molecule has 0 bridgehead atoms. The predicted molar refractivity (Wildman–Crippen MR) is 108 cm³/mol. The topological polar surface area (TPSA) is 76.8 Å². The fourth-order valence-corrected chi connectivity index (χ4v) is 3.85. The lowest BCUT2D eigenvalue weighted by atomic mass is 9.90. The number of Topliss-reactive ketones (excluding diaryl/α,β-unsaturated/α-hetero) is 1. The first kappa shape index (κ1) is 21.4. The number of aromatic nitrogens is 5. The van der Waals surface area contributed by atoms with E-state index in [1.165, 1.54) is 0 Å². The zero-order valence-corrected chi connectivity index (χ0v) is 17.1. The average Bonchev–Trinajstić information content (AvgIpc) is 3.18. The number of nitrogens with zero attached hydrogens (tertiary/aromatic N) is 6. The van der Waals surface area contributed by atoms with Crippen LogP contribution in [0.1, 0.15) is 25.0 Å². The van der Waals surface area contributed by atoms with Gasteiger partial charge in [0.25, 0.3) is 0 Å². The van der Waals surface area contributed by atoms with Crippen molar-refractivity contribution in [2.45, 2.75) is 31.9 Å². The van der Waals surface area contributed by atoms with Gasteiger partial charge in [-0.05, 0) is 44.1 Å². The number of piperidine rings is 1. The fourth-order valence-electron chi connectivity index (χ4n) is 3.85. The van der Waals surface area contributed by atoms with Crippen LogP contribution in [0, 0.1) is 5.92 Å². The first-order valence-electron chi connectivity index (χ1n) is 10.2. The number of aryl methyl sites for hydroxylation is 1. The smallest absolute Gasteiger partial charge is 0.303 e. The summed E-state index contributed by atoms with van der Waals surface area (Å²) in [5.41, 5.74) is 2.72. The molecule has 0 radical (unpaired) electrons. The third-order valence-corrected chi connectivity index (χ3v) is 5.61. The van der Waals surface area contributed by atoms with Crippen LogP contribution in [0.4, 0.5) is 13.2 Å². The average molecular weight is 432 g/mol. The molecule has 0 saturated carbocycles. The molecule has 0 N–H and O–H groups in total. The maximum absolute atomic E-state index is 12.7. The highest BCUT2D eigenvalue weighted by molar-refractivity contribution is 5.85. The number of carbonyl (C=O) groups excluding carboxylic acids is 1. The minimum Gasteiger partial charge on any atom is -0.303 e. The van der Waals surface area contributed by atoms with Crippen LogP contribution in [-0.2, 0) is 18.3 Å². The van der Waals surface area contributed by atoms with Crippen LogP contribution < -0.4 is 0 Å². The van der Waals surface area contributed by atoms with Crippen molar-refractivity contribution < 1.29 is 18.0 Å². The van der Waals surface area contributed by atoms with Crippen molar-refractivity contribution in [1.29, 1.82) is 0 Å². The molecule has 164 valence electrons. The molecule has 10 heteroatoms. The standard InChI is InChI=1S/C21H23F3N6O/c1-29-13-19(27-28-29)17-3-2-15-12-25-16(10-18(15)26-17)11-20(31)14-4-7-30(8-5-14)9-6-21(22,23)24/h2-3,10,12-14H,4-9,11H2,1H3. The summed E-state index contributed by atoms with van der Waals surface area (Å²) >= 11 is 0. The van der Waals surface area contributed by atoms with Crippen LogP contribution >= 0.6 is 0 Å². The Bertz CT molecular complexity index is 1070. The summed E-state index contributed by atoms with van der Waals surface area (Å²) in [6, 6.07) is 5.57. The first-order chi connectivity index (χ1) is 14.8. The van der Waals surface area contributed by atoms with E-state index < -0.39 is 12.6 Å². The van der Waals surface area contributed by atoms with E-state index in [0.717, 1.165) is 10.9 Å². The Balaban J connectivity index is 1.38. The molecular formula is C21H23F3N6O. The van der Waals surface area contributed by atoms with Crippen LogP contribution in [-0.4, -0.2) is 61.5 Å². The minimum absolute atomic E-state index is 0.00354. The Kier molecular flexibility index (Phi) is 5.99. The van der Waals surface area contributed by atoms with Crippen molar-refractivity contribution >= 4 is 16.7 Å². The van der Waals surface area contributed by atoms with E-state index in [1.54, 1.807) is 29.0 Å². The number of halogens is 3. The highest BCUT2D eigenvalue weighted by Crippen LogP contribution is 2.24. The maximum Gasteiger partial charge on any atom is 0.390 e. The molecule has 0 amide bonds. The van der Waals surface area contributed by atoms with E-state index in [4.69, 9.17) is 0 Å². The van der Waals surface area contributed by atoms with Gasteiger partial charge in [-0.15, -0.1) is 5.10 Å². The Morgan fingerprint density at radius 2 is 1.97 bits per heavy atom. The highest BCUT2D eigenvalue weighted by Gasteiger charge is 2.30. The van der Waals surface area contributed by atoms with Crippen LogP contribution in [0.2, 0.25) is 0 Å². The number of hydrogen-bond donors (Lipinski definition) is 0. The number of pyridine rings is 2. The fraction of sp³-hybridized carbons (Fsp3) is 0.476. The Morgan fingerprint density at radius 1 is 1.19 bits per heavy atom. The second-order valence-electron chi connectivity index (χ2n) is 7.97. The number of rotatable bonds is 6. The number of ketones is 1. The molecule has 1 fully saturated rings. The summed E-state index contributed by atoms with van der Waals surface area (Å²) in [7, 11) is 1.78. The van der Waals surface area contributed by atoms with Gasteiger partial charge in [-0.2, -0.15) is 13.2 Å². The van der Waals surface area contributed by atoms with E-state index in [9.17, 15) is 18.0 Å². The van der Waals surface area contributed by atoms with Crippen molar-refractivity contribution in [2.24, 2.45) is 13.0 Å². The van der Waals surface area contributed by atoms with E-state index in [-0.39, 0.29) is 24.7 Å². The van der Waals surface area contributed by atoms with Gasteiger partial charge < -0.3 is 4.90 Å². The van der Waals surface area contributed by atoms with Crippen LogP contribution in [0.15, 0.2) is 30.6 Å². The van der Waals surface area contributed by atoms with E-state index in [2.05, 4.69) is 20.3 Å². The van der Waals surface area contributed by atoms with Gasteiger partial charge in [0.05, 0.1) is 23.8 Å². The predicted octanol–water partition coefficient (Wildman–Crippen LogP) is 3.20. The third-order valence-electron chi connectivity index (χ3n) is 5.61. The summed E-state index contributed by atoms with van der Waals surface area (Å²) in [4.78, 5) is 23.5. The van der Waals surface area contributed by atoms with Gasteiger partial charge in [0.15, 0.2) is 0 Å². The normalized spacial score (nSPS) is 16.1. The molecular weight excluding hydrogens is 409 g/mol. The largest absolute Gasteiger partial charge is 0.390 e. The molecule has 4 rings (SSSR count). The zero-order chi connectivity index (χ0) is 22.0. The maximum atomic E-state index is 12.7. The molecule has 0 atom stereocenters. The third kappa shape index (κ3) is 5.43. The van der Waals surface area contributed by atoms with Crippen molar-refractivity contribution in [3.8, 4) is 11.4 Å². The molecule has 0 unspecified atom stereocenters. The molecule has 1 aliphatic rings. The molecule has 1 aliphatic heterocycles. The van der Waals surface area contributed by atoms with Crippen molar-refractivity contribution in [1.82, 2.24) is 29.9 Å². The van der Waals surface area contributed by atoms with Crippen molar-refractivity contribution in [3.63, 3.8) is 0 Å². The SMILES string of the molecule is Cn1cc(-c2ccc3cnc(CC(=O)C4CCN(CCC(F)(F)F)CC4)cc3n2)nn1. The lowest BCUT2D eigenvalue weighted by Crippen LogP contribution is -2.38. The number of carbonyl (C=O) groups is 1. The summed E-state index contributed by atoms with van der Waals surface area (Å²) in [5, 5.41) is 8.86. The molecule has 0 aliphatic carbocycles. The highest BCUT2D eigenvalue weighted by atomic mass is 19.4. The lowest BCUT2D eigenvalue weighted by molar-refractivity contribution is -0.139. The van der Waals surface area contributed by atoms with Crippen LogP contribution in [0.3, 0.4) is 0 Å².